The van der Waals surface area contributed by atoms with Crippen LogP contribution in [0.15, 0.2) is 0 Å². The third kappa shape index (κ3) is 4.18. The minimum atomic E-state index is -0.0283. The van der Waals surface area contributed by atoms with Gasteiger partial charge < -0.3 is 19.9 Å². The van der Waals surface area contributed by atoms with Gasteiger partial charge in [-0.15, -0.1) is 12.4 Å². The third-order valence-electron chi connectivity index (χ3n) is 6.57. The summed E-state index contributed by atoms with van der Waals surface area (Å²) in [7, 11) is 0. The van der Waals surface area contributed by atoms with Gasteiger partial charge in [0.15, 0.2) is 0 Å². The van der Waals surface area contributed by atoms with Crippen molar-refractivity contribution < 1.29 is 14.3 Å². The second kappa shape index (κ2) is 8.89. The summed E-state index contributed by atoms with van der Waals surface area (Å²) in [5.41, 5.74) is 0. The monoisotopic (exact) mass is 385 g/mol. The molecular formula is C19H32ClN3O3. The van der Waals surface area contributed by atoms with Crippen LogP contribution in [0.3, 0.4) is 0 Å². The number of piperidine rings is 1. The van der Waals surface area contributed by atoms with E-state index in [1.807, 2.05) is 9.80 Å². The van der Waals surface area contributed by atoms with E-state index < -0.39 is 0 Å². The van der Waals surface area contributed by atoms with Crippen molar-refractivity contribution in [1.29, 1.82) is 0 Å². The van der Waals surface area contributed by atoms with E-state index in [1.165, 1.54) is 25.7 Å². The number of fused-ring (bicyclic) bond motifs is 1. The molecule has 4 aliphatic rings. The van der Waals surface area contributed by atoms with Gasteiger partial charge in [-0.1, -0.05) is 12.8 Å². The van der Waals surface area contributed by atoms with E-state index in [9.17, 15) is 9.59 Å². The fourth-order valence-electron chi connectivity index (χ4n) is 5.15. The number of hydrogen-bond donors (Lipinski definition) is 1. The van der Waals surface area contributed by atoms with E-state index in [0.29, 0.717) is 44.8 Å². The number of morpholine rings is 1. The average Bonchev–Trinajstić information content (AvgIpc) is 3.12. The summed E-state index contributed by atoms with van der Waals surface area (Å²) in [4.78, 5) is 29.7. The number of ether oxygens (including phenoxy) is 1. The molecule has 4 unspecified atom stereocenters. The Hall–Kier alpha value is -0.850. The van der Waals surface area contributed by atoms with Crippen molar-refractivity contribution in [2.24, 2.45) is 11.8 Å². The van der Waals surface area contributed by atoms with Crippen LogP contribution in [-0.2, 0) is 14.3 Å². The second-order valence-electron chi connectivity index (χ2n) is 8.17. The molecule has 0 aromatic rings. The zero-order valence-corrected chi connectivity index (χ0v) is 16.3. The normalized spacial score (nSPS) is 34.8. The number of carbonyl (C=O) groups is 2. The molecule has 3 aliphatic heterocycles. The number of likely N-dealkylation sites (tertiary alicyclic amines) is 1. The van der Waals surface area contributed by atoms with Gasteiger partial charge in [0, 0.05) is 32.2 Å². The third-order valence-corrected chi connectivity index (χ3v) is 6.57. The molecule has 4 atom stereocenters. The van der Waals surface area contributed by atoms with Gasteiger partial charge in [0.25, 0.3) is 0 Å². The molecule has 0 radical (unpaired) electrons. The maximum absolute atomic E-state index is 13.0. The molecule has 0 spiro atoms. The highest BCUT2D eigenvalue weighted by atomic mass is 35.5. The molecule has 4 fully saturated rings. The number of hydrogen-bond acceptors (Lipinski definition) is 4. The molecule has 3 heterocycles. The van der Waals surface area contributed by atoms with E-state index in [0.717, 1.165) is 25.8 Å². The molecule has 0 aromatic heterocycles. The molecular weight excluding hydrogens is 354 g/mol. The molecule has 3 saturated heterocycles. The lowest BCUT2D eigenvalue weighted by molar-refractivity contribution is -0.144. The lowest BCUT2D eigenvalue weighted by Crippen LogP contribution is -2.52. The average molecular weight is 386 g/mol. The van der Waals surface area contributed by atoms with Crippen LogP contribution in [0.1, 0.15) is 44.9 Å². The van der Waals surface area contributed by atoms with Gasteiger partial charge >= 0.3 is 0 Å². The van der Waals surface area contributed by atoms with Crippen molar-refractivity contribution >= 4 is 24.2 Å². The quantitative estimate of drug-likeness (QED) is 0.781. The first kappa shape index (κ1) is 19.9. The Kier molecular flexibility index (Phi) is 6.81. The Balaban J connectivity index is 0.00000196. The van der Waals surface area contributed by atoms with Gasteiger partial charge in [-0.3, -0.25) is 9.59 Å². The fraction of sp³-hybridized carbons (Fsp3) is 0.895. The van der Waals surface area contributed by atoms with E-state index >= 15 is 0 Å². The minimum Gasteiger partial charge on any atom is -0.378 e. The summed E-state index contributed by atoms with van der Waals surface area (Å²) >= 11 is 0. The predicted octanol–water partition coefficient (Wildman–Crippen LogP) is 1.43. The molecule has 1 aliphatic carbocycles. The molecule has 2 amide bonds. The summed E-state index contributed by atoms with van der Waals surface area (Å²) in [5.74, 6) is 1.10. The Labute approximate surface area is 162 Å². The molecule has 148 valence electrons. The number of carbonyl (C=O) groups excluding carboxylic acids is 2. The Morgan fingerprint density at radius 2 is 1.65 bits per heavy atom. The maximum Gasteiger partial charge on any atom is 0.239 e. The van der Waals surface area contributed by atoms with Gasteiger partial charge in [0.05, 0.1) is 25.2 Å². The summed E-state index contributed by atoms with van der Waals surface area (Å²) in [5, 5.41) is 3.59. The Morgan fingerprint density at radius 3 is 2.42 bits per heavy atom. The van der Waals surface area contributed by atoms with Crippen LogP contribution in [0, 0.1) is 11.8 Å². The summed E-state index contributed by atoms with van der Waals surface area (Å²) in [6, 6.07) is 0.517. The maximum atomic E-state index is 13.0. The first-order valence-electron chi connectivity index (χ1n) is 10.1. The second-order valence-corrected chi connectivity index (χ2v) is 8.17. The summed E-state index contributed by atoms with van der Waals surface area (Å²) in [6.45, 7) is 4.06. The van der Waals surface area contributed by atoms with E-state index in [2.05, 4.69) is 5.32 Å². The molecule has 1 saturated carbocycles. The van der Waals surface area contributed by atoms with Gasteiger partial charge in [0.2, 0.25) is 11.8 Å². The van der Waals surface area contributed by atoms with Crippen LogP contribution in [0.2, 0.25) is 0 Å². The van der Waals surface area contributed by atoms with E-state index in [-0.39, 0.29) is 36.2 Å². The molecule has 7 heteroatoms. The topological polar surface area (TPSA) is 61.9 Å². The van der Waals surface area contributed by atoms with Crippen LogP contribution >= 0.6 is 12.4 Å². The van der Waals surface area contributed by atoms with Gasteiger partial charge in [-0.25, -0.2) is 0 Å². The van der Waals surface area contributed by atoms with Crippen LogP contribution in [-0.4, -0.2) is 73.1 Å². The zero-order chi connectivity index (χ0) is 17.2. The van der Waals surface area contributed by atoms with Crippen molar-refractivity contribution in [3.8, 4) is 0 Å². The predicted molar refractivity (Wildman–Crippen MR) is 101 cm³/mol. The highest BCUT2D eigenvalue weighted by Gasteiger charge is 2.41. The van der Waals surface area contributed by atoms with E-state index in [1.54, 1.807) is 0 Å². The molecule has 6 nitrogen and oxygen atoms in total. The lowest BCUT2D eigenvalue weighted by Gasteiger charge is -2.37. The van der Waals surface area contributed by atoms with Crippen LogP contribution in [0.25, 0.3) is 0 Å². The van der Waals surface area contributed by atoms with Crippen molar-refractivity contribution in [2.75, 3.05) is 39.4 Å². The fourth-order valence-corrected chi connectivity index (χ4v) is 5.15. The van der Waals surface area contributed by atoms with E-state index in [4.69, 9.17) is 4.74 Å². The first-order chi connectivity index (χ1) is 12.2. The van der Waals surface area contributed by atoms with Crippen LogP contribution in [0.4, 0.5) is 0 Å². The largest absolute Gasteiger partial charge is 0.378 e. The first-order valence-corrected chi connectivity index (χ1v) is 10.1. The number of nitrogens with zero attached hydrogens (tertiary/aromatic N) is 2. The summed E-state index contributed by atoms with van der Waals surface area (Å²) < 4.78 is 5.34. The highest BCUT2D eigenvalue weighted by Crippen LogP contribution is 2.34. The Morgan fingerprint density at radius 1 is 0.885 bits per heavy atom. The van der Waals surface area contributed by atoms with Gasteiger partial charge in [0.1, 0.15) is 0 Å². The van der Waals surface area contributed by atoms with Gasteiger partial charge in [-0.05, 0) is 38.0 Å². The molecule has 4 rings (SSSR count). The number of amides is 2. The van der Waals surface area contributed by atoms with Crippen LogP contribution in [0.5, 0.6) is 0 Å². The number of rotatable bonds is 2. The smallest absolute Gasteiger partial charge is 0.239 e. The minimum absolute atomic E-state index is 0. The van der Waals surface area contributed by atoms with Crippen molar-refractivity contribution in [2.45, 2.75) is 57.0 Å². The van der Waals surface area contributed by atoms with Crippen molar-refractivity contribution in [3.05, 3.63) is 0 Å². The summed E-state index contributed by atoms with van der Waals surface area (Å²) in [6.07, 6.45) is 7.90. The molecule has 1 N–H and O–H groups in total. The van der Waals surface area contributed by atoms with Crippen molar-refractivity contribution in [3.63, 3.8) is 0 Å². The van der Waals surface area contributed by atoms with Crippen molar-refractivity contribution in [1.82, 2.24) is 15.1 Å². The molecule has 26 heavy (non-hydrogen) atoms. The zero-order valence-electron chi connectivity index (χ0n) is 15.5. The van der Waals surface area contributed by atoms with Crippen LogP contribution < -0.4 is 5.32 Å². The Bertz CT molecular complexity index is 498. The lowest BCUT2D eigenvalue weighted by atomic mass is 9.85. The number of nitrogens with one attached hydrogen (secondary N) is 1. The molecule has 0 aromatic carbocycles. The SMILES string of the molecule is Cl.O=C(C1CCCN(C(=O)C2CC3CCCCC3N2)C1)N1CCOCC1. The number of halogens is 1. The standard InChI is InChI=1S/C19H31N3O3.ClH/c23-18(21-8-10-25-11-9-21)15-5-3-7-22(13-15)19(24)17-12-14-4-1-2-6-16(14)20-17;/h14-17,20H,1-13H2;1H. The molecule has 0 bridgehead atoms. The van der Waals surface area contributed by atoms with Gasteiger partial charge in [-0.2, -0.15) is 0 Å². The highest BCUT2D eigenvalue weighted by molar-refractivity contribution is 5.85.